The molecule has 1 N–H and O–H groups in total. The lowest BCUT2D eigenvalue weighted by molar-refractivity contribution is 0.0600. The first kappa shape index (κ1) is 16.5. The molecule has 0 aliphatic heterocycles. The zero-order valence-electron chi connectivity index (χ0n) is 12.7. The van der Waals surface area contributed by atoms with Gasteiger partial charge in [0.15, 0.2) is 5.75 Å². The minimum absolute atomic E-state index is 0.308. The van der Waals surface area contributed by atoms with Gasteiger partial charge in [0.25, 0.3) is 0 Å². The molecule has 2 rings (SSSR count). The van der Waals surface area contributed by atoms with Gasteiger partial charge in [0.2, 0.25) is 5.71 Å². The molecule has 24 heavy (non-hydrogen) atoms. The van der Waals surface area contributed by atoms with Crippen molar-refractivity contribution in [3.05, 3.63) is 54.1 Å². The number of anilines is 1. The normalized spacial score (nSPS) is 9.12. The van der Waals surface area contributed by atoms with E-state index in [1.165, 1.54) is 7.11 Å². The van der Waals surface area contributed by atoms with Crippen LogP contribution in [0.1, 0.15) is 10.4 Å². The molecule has 7 heteroatoms. The molecule has 0 atom stereocenters. The van der Waals surface area contributed by atoms with Crippen LogP contribution in [0, 0.1) is 22.7 Å². The van der Waals surface area contributed by atoms with Gasteiger partial charge in [-0.25, -0.2) is 4.79 Å². The van der Waals surface area contributed by atoms with Gasteiger partial charge in [0.1, 0.15) is 17.9 Å². The molecule has 2 aromatic rings. The summed E-state index contributed by atoms with van der Waals surface area (Å²) in [6.07, 6.45) is 0. The van der Waals surface area contributed by atoms with E-state index < -0.39 is 5.97 Å². The van der Waals surface area contributed by atoms with Gasteiger partial charge < -0.3 is 9.47 Å². The highest BCUT2D eigenvalue weighted by Crippen LogP contribution is 2.29. The number of nitriles is 2. The fourth-order valence-corrected chi connectivity index (χ4v) is 1.77. The summed E-state index contributed by atoms with van der Waals surface area (Å²) in [5.74, 6) is 0.375. The summed E-state index contributed by atoms with van der Waals surface area (Å²) in [5, 5.41) is 21.1. The standard InChI is InChI=1S/C17H12N4O3/c1-23-17(22)12-5-4-6-14(9-12)24-16-8-3-2-7-15(16)21-20-13(10-18)11-19/h2-9,21H,1H3. The molecule has 0 aliphatic rings. The van der Waals surface area contributed by atoms with Crippen molar-refractivity contribution in [1.82, 2.24) is 0 Å². The fraction of sp³-hybridized carbons (Fsp3) is 0.0588. The third-order valence-electron chi connectivity index (χ3n) is 2.87. The number of methoxy groups -OCH3 is 1. The van der Waals surface area contributed by atoms with E-state index in [9.17, 15) is 4.79 Å². The van der Waals surface area contributed by atoms with Crippen molar-refractivity contribution in [2.45, 2.75) is 0 Å². The monoisotopic (exact) mass is 320 g/mol. The Labute approximate surface area is 138 Å². The van der Waals surface area contributed by atoms with Gasteiger partial charge in [0.05, 0.1) is 18.4 Å². The largest absolute Gasteiger partial charge is 0.465 e. The van der Waals surface area contributed by atoms with Crippen molar-refractivity contribution >= 4 is 17.4 Å². The lowest BCUT2D eigenvalue weighted by Crippen LogP contribution is -2.01. The van der Waals surface area contributed by atoms with Gasteiger partial charge in [-0.3, -0.25) is 5.43 Å². The maximum absolute atomic E-state index is 11.6. The number of para-hydroxylation sites is 2. The predicted octanol–water partition coefficient (Wildman–Crippen LogP) is 3.08. The first-order valence-electron chi connectivity index (χ1n) is 6.77. The molecule has 0 aromatic heterocycles. The summed E-state index contributed by atoms with van der Waals surface area (Å²) in [6, 6.07) is 16.7. The molecular weight excluding hydrogens is 308 g/mol. The molecule has 0 spiro atoms. The van der Waals surface area contributed by atoms with Gasteiger partial charge in [-0.2, -0.15) is 15.6 Å². The van der Waals surface area contributed by atoms with Crippen LogP contribution in [0.5, 0.6) is 11.5 Å². The van der Waals surface area contributed by atoms with Crippen LogP contribution in [-0.2, 0) is 4.74 Å². The Morgan fingerprint density at radius 3 is 2.58 bits per heavy atom. The van der Waals surface area contributed by atoms with E-state index in [2.05, 4.69) is 15.3 Å². The van der Waals surface area contributed by atoms with E-state index in [0.29, 0.717) is 22.7 Å². The van der Waals surface area contributed by atoms with Crippen LogP contribution in [0.2, 0.25) is 0 Å². The van der Waals surface area contributed by atoms with Gasteiger partial charge in [-0.05, 0) is 30.3 Å². The van der Waals surface area contributed by atoms with Crippen molar-refractivity contribution in [3.8, 4) is 23.6 Å². The molecule has 0 bridgehead atoms. The Kier molecular flexibility index (Phi) is 5.49. The van der Waals surface area contributed by atoms with Crippen LogP contribution in [0.3, 0.4) is 0 Å². The Morgan fingerprint density at radius 2 is 1.88 bits per heavy atom. The highest BCUT2D eigenvalue weighted by Gasteiger charge is 2.09. The topological polar surface area (TPSA) is 108 Å². The number of rotatable bonds is 5. The second-order valence-corrected chi connectivity index (χ2v) is 4.41. The van der Waals surface area contributed by atoms with Crippen molar-refractivity contribution in [2.24, 2.45) is 5.10 Å². The molecule has 0 fully saturated rings. The summed E-state index contributed by atoms with van der Waals surface area (Å²) in [5.41, 5.74) is 3.12. The maximum Gasteiger partial charge on any atom is 0.337 e. The third-order valence-corrected chi connectivity index (χ3v) is 2.87. The molecule has 118 valence electrons. The first-order chi connectivity index (χ1) is 11.7. The highest BCUT2D eigenvalue weighted by molar-refractivity contribution is 6.10. The van der Waals surface area contributed by atoms with Gasteiger partial charge >= 0.3 is 5.97 Å². The van der Waals surface area contributed by atoms with Crippen molar-refractivity contribution in [2.75, 3.05) is 12.5 Å². The molecule has 0 heterocycles. The summed E-state index contributed by atoms with van der Waals surface area (Å²) in [6.45, 7) is 0. The fourth-order valence-electron chi connectivity index (χ4n) is 1.77. The van der Waals surface area contributed by atoms with Gasteiger partial charge in [0, 0.05) is 0 Å². The molecule has 0 saturated carbocycles. The molecule has 0 aliphatic carbocycles. The van der Waals surface area contributed by atoms with Crippen LogP contribution in [0.4, 0.5) is 5.69 Å². The number of carbonyl (C=O) groups excluding carboxylic acids is 1. The quantitative estimate of drug-likeness (QED) is 0.515. The Hall–Kier alpha value is -3.84. The molecule has 0 saturated heterocycles. The van der Waals surface area contributed by atoms with Crippen LogP contribution in [-0.4, -0.2) is 18.8 Å². The zero-order chi connectivity index (χ0) is 17.4. The number of hydrogen-bond donors (Lipinski definition) is 1. The maximum atomic E-state index is 11.6. The zero-order valence-corrected chi connectivity index (χ0v) is 12.7. The van der Waals surface area contributed by atoms with E-state index in [-0.39, 0.29) is 5.71 Å². The van der Waals surface area contributed by atoms with Gasteiger partial charge in [-0.1, -0.05) is 18.2 Å². The van der Waals surface area contributed by atoms with Crippen molar-refractivity contribution in [3.63, 3.8) is 0 Å². The summed E-state index contributed by atoms with van der Waals surface area (Å²) in [7, 11) is 1.30. The highest BCUT2D eigenvalue weighted by atomic mass is 16.5. The van der Waals surface area contributed by atoms with Gasteiger partial charge in [-0.15, -0.1) is 0 Å². The van der Waals surface area contributed by atoms with Crippen LogP contribution in [0.15, 0.2) is 53.6 Å². The minimum Gasteiger partial charge on any atom is -0.465 e. The first-order valence-corrected chi connectivity index (χ1v) is 6.77. The second kappa shape index (κ2) is 7.97. The number of nitrogens with one attached hydrogen (secondary N) is 1. The molecule has 0 unspecified atom stereocenters. The van der Waals surface area contributed by atoms with Crippen LogP contribution < -0.4 is 10.2 Å². The number of carbonyl (C=O) groups is 1. The Morgan fingerprint density at radius 1 is 1.12 bits per heavy atom. The number of ether oxygens (including phenoxy) is 2. The molecule has 0 amide bonds. The molecule has 2 aromatic carbocycles. The number of esters is 1. The predicted molar refractivity (Wildman–Crippen MR) is 86.6 cm³/mol. The number of hydrogen-bond acceptors (Lipinski definition) is 7. The Balaban J connectivity index is 2.25. The van der Waals surface area contributed by atoms with Crippen LogP contribution >= 0.6 is 0 Å². The smallest absolute Gasteiger partial charge is 0.337 e. The average molecular weight is 320 g/mol. The van der Waals surface area contributed by atoms with E-state index in [0.717, 1.165) is 0 Å². The lowest BCUT2D eigenvalue weighted by atomic mass is 10.2. The van der Waals surface area contributed by atoms with E-state index in [4.69, 9.17) is 15.3 Å². The summed E-state index contributed by atoms with van der Waals surface area (Å²) in [4.78, 5) is 11.6. The number of benzene rings is 2. The lowest BCUT2D eigenvalue weighted by Gasteiger charge is -2.11. The molecule has 0 radical (unpaired) electrons. The van der Waals surface area contributed by atoms with Crippen molar-refractivity contribution < 1.29 is 14.3 Å². The third kappa shape index (κ3) is 4.09. The number of nitrogens with zero attached hydrogens (tertiary/aromatic N) is 3. The summed E-state index contributed by atoms with van der Waals surface area (Å²) < 4.78 is 10.4. The average Bonchev–Trinajstić information content (AvgIpc) is 2.63. The number of hydrazone groups is 1. The van der Waals surface area contributed by atoms with Crippen molar-refractivity contribution in [1.29, 1.82) is 10.5 Å². The van der Waals surface area contributed by atoms with E-state index in [1.807, 2.05) is 0 Å². The van der Waals surface area contributed by atoms with E-state index >= 15 is 0 Å². The summed E-state index contributed by atoms with van der Waals surface area (Å²) >= 11 is 0. The SMILES string of the molecule is COC(=O)c1cccc(Oc2ccccc2NN=C(C#N)C#N)c1. The van der Waals surface area contributed by atoms with E-state index in [1.54, 1.807) is 60.7 Å². The Bertz CT molecular complexity index is 847. The molecule has 7 nitrogen and oxygen atoms in total. The van der Waals surface area contributed by atoms with Crippen LogP contribution in [0.25, 0.3) is 0 Å². The molecular formula is C17H12N4O3. The minimum atomic E-state index is -0.468. The second-order valence-electron chi connectivity index (χ2n) is 4.41.